The molecule has 0 bridgehead atoms. The molecule has 0 saturated carbocycles. The van der Waals surface area contributed by atoms with Gasteiger partial charge in [-0.05, 0) is 42.6 Å². The molecule has 3 heteroatoms. The molecular formula is C23H27BrN2. The summed E-state index contributed by atoms with van der Waals surface area (Å²) in [5.41, 5.74) is 5.15. The third kappa shape index (κ3) is 4.28. The van der Waals surface area contributed by atoms with Gasteiger partial charge in [0.1, 0.15) is 0 Å². The Bertz CT molecular complexity index is 878. The standard InChI is InChI=1S/C23H27BrN2/c1-4-23(2,3)22-20(19-13-12-18(24)15-21(19)26-22)11-8-14-25-16-17-9-6-5-7-10-17/h4-7,9-10,12-13,15,25-26H,1,8,11,14,16H2,2-3H3. The zero-order chi connectivity index (χ0) is 18.6. The first-order valence-corrected chi connectivity index (χ1v) is 9.99. The van der Waals surface area contributed by atoms with Crippen LogP contribution in [0.4, 0.5) is 0 Å². The van der Waals surface area contributed by atoms with E-state index >= 15 is 0 Å². The minimum Gasteiger partial charge on any atom is -0.357 e. The van der Waals surface area contributed by atoms with Gasteiger partial charge in [-0.15, -0.1) is 6.58 Å². The van der Waals surface area contributed by atoms with Crippen LogP contribution < -0.4 is 5.32 Å². The first kappa shape index (κ1) is 18.9. The van der Waals surface area contributed by atoms with Crippen molar-refractivity contribution in [3.63, 3.8) is 0 Å². The summed E-state index contributed by atoms with van der Waals surface area (Å²) >= 11 is 3.58. The lowest BCUT2D eigenvalue weighted by atomic mass is 9.85. The smallest absolute Gasteiger partial charge is 0.0470 e. The minimum absolute atomic E-state index is 0.0711. The maximum Gasteiger partial charge on any atom is 0.0470 e. The molecule has 0 aliphatic rings. The highest BCUT2D eigenvalue weighted by Crippen LogP contribution is 2.34. The minimum atomic E-state index is -0.0711. The van der Waals surface area contributed by atoms with Gasteiger partial charge >= 0.3 is 0 Å². The van der Waals surface area contributed by atoms with Crippen LogP contribution in [0.3, 0.4) is 0 Å². The van der Waals surface area contributed by atoms with E-state index in [1.54, 1.807) is 0 Å². The highest BCUT2D eigenvalue weighted by atomic mass is 79.9. The SMILES string of the molecule is C=CC(C)(C)c1[nH]c2cc(Br)ccc2c1CCCNCc1ccccc1. The van der Waals surface area contributed by atoms with E-state index < -0.39 is 0 Å². The summed E-state index contributed by atoms with van der Waals surface area (Å²) in [4.78, 5) is 3.64. The van der Waals surface area contributed by atoms with Crippen LogP contribution in [-0.4, -0.2) is 11.5 Å². The van der Waals surface area contributed by atoms with Gasteiger partial charge in [0.2, 0.25) is 0 Å². The van der Waals surface area contributed by atoms with E-state index in [4.69, 9.17) is 0 Å². The van der Waals surface area contributed by atoms with Crippen LogP contribution in [0.25, 0.3) is 10.9 Å². The molecule has 1 aromatic heterocycles. The Kier molecular flexibility index (Phi) is 6.00. The van der Waals surface area contributed by atoms with Crippen molar-refractivity contribution in [1.29, 1.82) is 0 Å². The van der Waals surface area contributed by atoms with Gasteiger partial charge in [0, 0.05) is 33.0 Å². The molecule has 3 rings (SSSR count). The average molecular weight is 411 g/mol. The summed E-state index contributed by atoms with van der Waals surface area (Å²) in [5, 5.41) is 4.88. The number of halogens is 1. The lowest BCUT2D eigenvalue weighted by molar-refractivity contribution is 0.621. The van der Waals surface area contributed by atoms with Crippen molar-refractivity contribution in [2.24, 2.45) is 0 Å². The second-order valence-corrected chi connectivity index (χ2v) is 8.28. The number of nitrogens with one attached hydrogen (secondary N) is 2. The van der Waals surface area contributed by atoms with Gasteiger partial charge in [-0.25, -0.2) is 0 Å². The normalized spacial score (nSPS) is 11.8. The number of hydrogen-bond acceptors (Lipinski definition) is 1. The number of allylic oxidation sites excluding steroid dienone is 1. The number of fused-ring (bicyclic) bond motifs is 1. The molecule has 0 aliphatic heterocycles. The van der Waals surface area contributed by atoms with Gasteiger partial charge in [0.05, 0.1) is 0 Å². The van der Waals surface area contributed by atoms with Gasteiger partial charge in [-0.2, -0.15) is 0 Å². The zero-order valence-corrected chi connectivity index (χ0v) is 17.2. The van der Waals surface area contributed by atoms with Crippen LogP contribution in [0, 0.1) is 0 Å². The van der Waals surface area contributed by atoms with Crippen molar-refractivity contribution in [2.75, 3.05) is 6.54 Å². The van der Waals surface area contributed by atoms with Crippen molar-refractivity contribution in [3.05, 3.63) is 82.5 Å². The molecule has 2 nitrogen and oxygen atoms in total. The molecule has 0 fully saturated rings. The third-order valence-electron chi connectivity index (χ3n) is 4.98. The summed E-state index contributed by atoms with van der Waals surface area (Å²) in [5.74, 6) is 0. The number of benzene rings is 2. The lowest BCUT2D eigenvalue weighted by Gasteiger charge is -2.21. The van der Waals surface area contributed by atoms with Gasteiger partial charge in [0.15, 0.2) is 0 Å². The summed E-state index contributed by atoms with van der Waals surface area (Å²) in [7, 11) is 0. The Labute approximate surface area is 164 Å². The molecular weight excluding hydrogens is 384 g/mol. The number of H-pyrrole nitrogens is 1. The molecule has 0 spiro atoms. The number of aromatic amines is 1. The number of aryl methyl sites for hydroxylation is 1. The maximum absolute atomic E-state index is 4.04. The molecule has 0 saturated heterocycles. The lowest BCUT2D eigenvalue weighted by Crippen LogP contribution is -2.18. The molecule has 0 unspecified atom stereocenters. The number of aromatic nitrogens is 1. The Morgan fingerprint density at radius 1 is 1.15 bits per heavy atom. The van der Waals surface area contributed by atoms with Crippen LogP contribution in [0.1, 0.15) is 37.1 Å². The molecule has 2 aromatic carbocycles. The van der Waals surface area contributed by atoms with E-state index in [1.165, 1.54) is 27.7 Å². The quantitative estimate of drug-likeness (QED) is 0.339. The van der Waals surface area contributed by atoms with Crippen molar-refractivity contribution < 1.29 is 0 Å². The van der Waals surface area contributed by atoms with E-state index in [0.29, 0.717) is 0 Å². The van der Waals surface area contributed by atoms with E-state index in [0.717, 1.165) is 30.4 Å². The zero-order valence-electron chi connectivity index (χ0n) is 15.6. The summed E-state index contributed by atoms with van der Waals surface area (Å²) in [6, 6.07) is 17.1. The Morgan fingerprint density at radius 3 is 2.65 bits per heavy atom. The molecule has 1 heterocycles. The Balaban J connectivity index is 1.71. The molecule has 0 amide bonds. The second-order valence-electron chi connectivity index (χ2n) is 7.36. The van der Waals surface area contributed by atoms with Crippen molar-refractivity contribution in [2.45, 2.75) is 38.6 Å². The topological polar surface area (TPSA) is 27.8 Å². The highest BCUT2D eigenvalue weighted by molar-refractivity contribution is 9.10. The largest absolute Gasteiger partial charge is 0.357 e. The third-order valence-corrected chi connectivity index (χ3v) is 5.47. The monoisotopic (exact) mass is 410 g/mol. The Morgan fingerprint density at radius 2 is 1.92 bits per heavy atom. The van der Waals surface area contributed by atoms with Crippen LogP contribution in [-0.2, 0) is 18.4 Å². The molecule has 0 aliphatic carbocycles. The molecule has 2 N–H and O–H groups in total. The molecule has 0 radical (unpaired) electrons. The first-order valence-electron chi connectivity index (χ1n) is 9.20. The fourth-order valence-corrected chi connectivity index (χ4v) is 3.72. The van der Waals surface area contributed by atoms with Gasteiger partial charge in [-0.1, -0.05) is 72.3 Å². The van der Waals surface area contributed by atoms with Gasteiger partial charge < -0.3 is 10.3 Å². The highest BCUT2D eigenvalue weighted by Gasteiger charge is 2.23. The molecule has 3 aromatic rings. The van der Waals surface area contributed by atoms with Crippen LogP contribution in [0.2, 0.25) is 0 Å². The van der Waals surface area contributed by atoms with Gasteiger partial charge in [-0.3, -0.25) is 0 Å². The van der Waals surface area contributed by atoms with Crippen molar-refractivity contribution >= 4 is 26.8 Å². The number of hydrogen-bond donors (Lipinski definition) is 2. The predicted molar refractivity (Wildman–Crippen MR) is 116 cm³/mol. The summed E-state index contributed by atoms with van der Waals surface area (Å²) in [6.45, 7) is 10.4. The predicted octanol–water partition coefficient (Wildman–Crippen LogP) is 6.12. The first-order chi connectivity index (χ1) is 12.5. The van der Waals surface area contributed by atoms with E-state index in [1.807, 2.05) is 6.08 Å². The molecule has 136 valence electrons. The van der Waals surface area contributed by atoms with Crippen LogP contribution in [0.5, 0.6) is 0 Å². The van der Waals surface area contributed by atoms with Crippen molar-refractivity contribution in [3.8, 4) is 0 Å². The second kappa shape index (κ2) is 8.24. The fourth-order valence-electron chi connectivity index (χ4n) is 3.36. The summed E-state index contributed by atoms with van der Waals surface area (Å²) in [6.07, 6.45) is 4.19. The molecule has 26 heavy (non-hydrogen) atoms. The van der Waals surface area contributed by atoms with Crippen LogP contribution in [0.15, 0.2) is 65.7 Å². The Hall–Kier alpha value is -1.84. The average Bonchev–Trinajstić information content (AvgIpc) is 3.01. The van der Waals surface area contributed by atoms with E-state index in [2.05, 4.69) is 95.2 Å². The molecule has 0 atom stereocenters. The summed E-state index contributed by atoms with van der Waals surface area (Å²) < 4.78 is 1.10. The fraction of sp³-hybridized carbons (Fsp3) is 0.304. The van der Waals surface area contributed by atoms with Crippen LogP contribution >= 0.6 is 15.9 Å². The van der Waals surface area contributed by atoms with E-state index in [-0.39, 0.29) is 5.41 Å². The van der Waals surface area contributed by atoms with E-state index in [9.17, 15) is 0 Å². The number of rotatable bonds is 8. The van der Waals surface area contributed by atoms with Gasteiger partial charge in [0.25, 0.3) is 0 Å². The van der Waals surface area contributed by atoms with Crippen molar-refractivity contribution in [1.82, 2.24) is 10.3 Å². The maximum atomic E-state index is 4.04.